The molecule has 2 aromatic carbocycles. The van der Waals surface area contributed by atoms with Crippen LogP contribution in [0.5, 0.6) is 0 Å². The van der Waals surface area contributed by atoms with Crippen LogP contribution in [0, 0.1) is 0 Å². The molecule has 24 heavy (non-hydrogen) atoms. The molecule has 0 spiro atoms. The molecule has 7 nitrogen and oxygen atoms in total. The van der Waals surface area contributed by atoms with E-state index in [1.807, 2.05) is 30.5 Å². The van der Waals surface area contributed by atoms with Crippen molar-refractivity contribution in [3.05, 3.63) is 65.6 Å². The predicted molar refractivity (Wildman–Crippen MR) is 90.4 cm³/mol. The number of tetrazole rings is 1. The van der Waals surface area contributed by atoms with E-state index in [0.29, 0.717) is 22.0 Å². The lowest BCUT2D eigenvalue weighted by atomic mass is 10.1. The summed E-state index contributed by atoms with van der Waals surface area (Å²) in [6.45, 7) is 0. The molecule has 0 saturated carbocycles. The molecule has 0 fully saturated rings. The molecule has 118 valence electrons. The Hall–Kier alpha value is -3.19. The van der Waals surface area contributed by atoms with Gasteiger partial charge in [0.1, 0.15) is 6.33 Å². The maximum Gasteiger partial charge on any atom is 0.257 e. The van der Waals surface area contributed by atoms with E-state index in [0.717, 1.165) is 10.9 Å². The van der Waals surface area contributed by atoms with Crippen molar-refractivity contribution in [1.29, 1.82) is 0 Å². The zero-order chi connectivity index (χ0) is 16.5. The normalized spacial score (nSPS) is 10.9. The molecule has 4 aromatic rings. The lowest BCUT2D eigenvalue weighted by Gasteiger charge is -2.09. The van der Waals surface area contributed by atoms with E-state index in [-0.39, 0.29) is 5.91 Å². The fourth-order valence-corrected chi connectivity index (χ4v) is 2.64. The maximum atomic E-state index is 12.6. The Bertz CT molecular complexity index is 1020. The molecule has 0 atom stereocenters. The Morgan fingerprint density at radius 2 is 2.08 bits per heavy atom. The number of hydrogen-bond donors (Lipinski definition) is 2. The van der Waals surface area contributed by atoms with Crippen LogP contribution in [0.4, 0.5) is 5.69 Å². The van der Waals surface area contributed by atoms with Gasteiger partial charge in [0.2, 0.25) is 0 Å². The van der Waals surface area contributed by atoms with Gasteiger partial charge in [-0.15, -0.1) is 5.10 Å². The number of H-pyrrole nitrogens is 1. The van der Waals surface area contributed by atoms with Crippen LogP contribution in [0.15, 0.2) is 55.0 Å². The van der Waals surface area contributed by atoms with Gasteiger partial charge in [0.05, 0.1) is 16.3 Å². The molecule has 0 saturated heterocycles. The topological polar surface area (TPSA) is 88.5 Å². The fraction of sp³-hybridized carbons (Fsp3) is 0. The summed E-state index contributed by atoms with van der Waals surface area (Å²) in [6, 6.07) is 12.6. The fourth-order valence-electron chi connectivity index (χ4n) is 2.44. The molecule has 2 N–H and O–H groups in total. The minimum Gasteiger partial charge on any atom is -0.361 e. The molecular formula is C16H11ClN6O. The highest BCUT2D eigenvalue weighted by Gasteiger charge is 2.13. The highest BCUT2D eigenvalue weighted by atomic mass is 35.5. The number of carbonyl (C=O) groups is 1. The lowest BCUT2D eigenvalue weighted by Crippen LogP contribution is -2.13. The molecule has 0 bridgehead atoms. The van der Waals surface area contributed by atoms with Crippen LogP contribution in [0.25, 0.3) is 16.6 Å². The summed E-state index contributed by atoms with van der Waals surface area (Å²) >= 11 is 6.17. The molecular weight excluding hydrogens is 328 g/mol. The van der Waals surface area contributed by atoms with Gasteiger partial charge in [-0.1, -0.05) is 11.6 Å². The Labute approximate surface area is 141 Å². The van der Waals surface area contributed by atoms with Crippen LogP contribution >= 0.6 is 11.6 Å². The second-order valence-corrected chi connectivity index (χ2v) is 5.56. The van der Waals surface area contributed by atoms with E-state index in [1.54, 1.807) is 18.2 Å². The van der Waals surface area contributed by atoms with Gasteiger partial charge in [0, 0.05) is 22.8 Å². The van der Waals surface area contributed by atoms with Gasteiger partial charge in [-0.25, -0.2) is 4.68 Å². The Morgan fingerprint density at radius 1 is 1.17 bits per heavy atom. The predicted octanol–water partition coefficient (Wildman–Crippen LogP) is 3.05. The van der Waals surface area contributed by atoms with Gasteiger partial charge < -0.3 is 10.3 Å². The van der Waals surface area contributed by atoms with Crippen molar-refractivity contribution in [3.8, 4) is 5.69 Å². The highest BCUT2D eigenvalue weighted by molar-refractivity contribution is 6.34. The van der Waals surface area contributed by atoms with Crippen LogP contribution in [-0.2, 0) is 0 Å². The zero-order valence-electron chi connectivity index (χ0n) is 12.3. The third-order valence-electron chi connectivity index (χ3n) is 3.62. The van der Waals surface area contributed by atoms with Gasteiger partial charge in [-0.2, -0.15) is 0 Å². The zero-order valence-corrected chi connectivity index (χ0v) is 13.0. The minimum atomic E-state index is -0.301. The number of hydrogen-bond acceptors (Lipinski definition) is 4. The molecule has 8 heteroatoms. The first-order chi connectivity index (χ1) is 11.7. The van der Waals surface area contributed by atoms with Crippen molar-refractivity contribution in [2.45, 2.75) is 0 Å². The Kier molecular flexibility index (Phi) is 3.47. The number of anilines is 1. The smallest absolute Gasteiger partial charge is 0.257 e. The quantitative estimate of drug-likeness (QED) is 0.601. The van der Waals surface area contributed by atoms with Crippen LogP contribution in [-0.4, -0.2) is 31.1 Å². The van der Waals surface area contributed by atoms with Crippen molar-refractivity contribution in [3.63, 3.8) is 0 Å². The Morgan fingerprint density at radius 3 is 2.92 bits per heavy atom. The van der Waals surface area contributed by atoms with Gasteiger partial charge in [0.25, 0.3) is 5.91 Å². The summed E-state index contributed by atoms with van der Waals surface area (Å²) in [5.74, 6) is -0.301. The molecule has 0 radical (unpaired) electrons. The number of fused-ring (bicyclic) bond motifs is 1. The largest absolute Gasteiger partial charge is 0.361 e. The monoisotopic (exact) mass is 338 g/mol. The van der Waals surface area contributed by atoms with Gasteiger partial charge in [-0.05, 0) is 52.9 Å². The molecule has 0 aliphatic heterocycles. The number of amides is 1. The van der Waals surface area contributed by atoms with E-state index >= 15 is 0 Å². The molecule has 2 aromatic heterocycles. The first-order valence-electron chi connectivity index (χ1n) is 7.12. The van der Waals surface area contributed by atoms with E-state index in [2.05, 4.69) is 25.8 Å². The number of nitrogens with zero attached hydrogens (tertiary/aromatic N) is 4. The van der Waals surface area contributed by atoms with Gasteiger partial charge in [-0.3, -0.25) is 4.79 Å². The van der Waals surface area contributed by atoms with Crippen molar-refractivity contribution in [2.24, 2.45) is 0 Å². The number of carbonyl (C=O) groups excluding carboxylic acids is 1. The standard InChI is InChI=1S/C16H11ClN6O/c17-14-3-2-12(23-9-19-21-22-23)8-13(14)16(24)20-11-1-4-15-10(7-11)5-6-18-15/h1-9,18H,(H,20,24). The van der Waals surface area contributed by atoms with Crippen LogP contribution in [0.1, 0.15) is 10.4 Å². The second kappa shape index (κ2) is 5.78. The Balaban J connectivity index is 1.65. The van der Waals surface area contributed by atoms with E-state index < -0.39 is 0 Å². The van der Waals surface area contributed by atoms with Gasteiger partial charge in [0.15, 0.2) is 0 Å². The number of halogens is 1. The summed E-state index contributed by atoms with van der Waals surface area (Å²) in [6.07, 6.45) is 3.30. The van der Waals surface area contributed by atoms with Crippen molar-refractivity contribution < 1.29 is 4.79 Å². The summed E-state index contributed by atoms with van der Waals surface area (Å²) < 4.78 is 1.46. The highest BCUT2D eigenvalue weighted by Crippen LogP contribution is 2.22. The van der Waals surface area contributed by atoms with E-state index in [4.69, 9.17) is 11.6 Å². The molecule has 0 unspecified atom stereocenters. The van der Waals surface area contributed by atoms with Crippen LogP contribution in [0.2, 0.25) is 5.02 Å². The number of rotatable bonds is 3. The van der Waals surface area contributed by atoms with Crippen LogP contribution in [0.3, 0.4) is 0 Å². The molecule has 4 rings (SSSR count). The second-order valence-electron chi connectivity index (χ2n) is 5.15. The summed E-state index contributed by atoms with van der Waals surface area (Å²) in [7, 11) is 0. The van der Waals surface area contributed by atoms with Gasteiger partial charge >= 0.3 is 0 Å². The van der Waals surface area contributed by atoms with E-state index in [1.165, 1.54) is 11.0 Å². The molecule has 1 amide bonds. The molecule has 0 aliphatic rings. The average molecular weight is 339 g/mol. The van der Waals surface area contributed by atoms with Crippen molar-refractivity contribution in [2.75, 3.05) is 5.32 Å². The SMILES string of the molecule is O=C(Nc1ccc2[nH]ccc2c1)c1cc(-n2cnnn2)ccc1Cl. The van der Waals surface area contributed by atoms with E-state index in [9.17, 15) is 4.79 Å². The summed E-state index contributed by atoms with van der Waals surface area (Å²) in [5.41, 5.74) is 2.69. The molecule has 0 aliphatic carbocycles. The number of benzene rings is 2. The third-order valence-corrected chi connectivity index (χ3v) is 3.95. The lowest BCUT2D eigenvalue weighted by molar-refractivity contribution is 0.102. The minimum absolute atomic E-state index is 0.301. The first-order valence-corrected chi connectivity index (χ1v) is 7.50. The first kappa shape index (κ1) is 14.4. The van der Waals surface area contributed by atoms with Crippen molar-refractivity contribution >= 4 is 34.1 Å². The summed E-state index contributed by atoms with van der Waals surface area (Å²) in [4.78, 5) is 15.7. The van der Waals surface area contributed by atoms with Crippen molar-refractivity contribution in [1.82, 2.24) is 25.2 Å². The third kappa shape index (κ3) is 2.61. The molecule has 2 heterocycles. The van der Waals surface area contributed by atoms with Crippen LogP contribution < -0.4 is 5.32 Å². The number of aromatic amines is 1. The summed E-state index contributed by atoms with van der Waals surface area (Å²) in [5, 5.41) is 15.2. The number of aromatic nitrogens is 5. The average Bonchev–Trinajstić information content (AvgIpc) is 3.26. The number of nitrogens with one attached hydrogen (secondary N) is 2. The maximum absolute atomic E-state index is 12.6.